The quantitative estimate of drug-likeness (QED) is 0.662. The maximum Gasteiger partial charge on any atom is 0.271 e. The van der Waals surface area contributed by atoms with E-state index in [1.54, 1.807) is 0 Å². The van der Waals surface area contributed by atoms with E-state index in [9.17, 15) is 14.9 Å². The van der Waals surface area contributed by atoms with Crippen molar-refractivity contribution < 1.29 is 9.72 Å². The molecule has 1 amide bonds. The number of halogens is 1. The number of nitro benzene ring substituents is 1. The number of amides is 1. The van der Waals surface area contributed by atoms with Gasteiger partial charge in [-0.3, -0.25) is 14.9 Å². The van der Waals surface area contributed by atoms with E-state index in [4.69, 9.17) is 11.6 Å². The molecule has 2 aromatic carbocycles. The molecule has 0 unspecified atom stereocenters. The average molecular weight is 360 g/mol. The van der Waals surface area contributed by atoms with Crippen molar-refractivity contribution in [1.82, 2.24) is 0 Å². The van der Waals surface area contributed by atoms with E-state index in [1.165, 1.54) is 29.3 Å². The minimum Gasteiger partial charge on any atom is -0.362 e. The van der Waals surface area contributed by atoms with Crippen LogP contribution in [-0.2, 0) is 11.2 Å². The summed E-state index contributed by atoms with van der Waals surface area (Å²) in [6.07, 6.45) is 1.99. The minimum absolute atomic E-state index is 0.113. The number of nitrogens with one attached hydrogen (secondary N) is 1. The molecule has 0 atom stereocenters. The second-order valence-corrected chi connectivity index (χ2v) is 6.53. The van der Waals surface area contributed by atoms with Gasteiger partial charge in [0.1, 0.15) is 0 Å². The Morgan fingerprint density at radius 2 is 2.12 bits per heavy atom. The maximum absolute atomic E-state index is 12.4. The van der Waals surface area contributed by atoms with Gasteiger partial charge in [-0.05, 0) is 37.5 Å². The van der Waals surface area contributed by atoms with Crippen molar-refractivity contribution >= 4 is 34.6 Å². The molecule has 0 aromatic heterocycles. The van der Waals surface area contributed by atoms with Crippen molar-refractivity contribution in [3.63, 3.8) is 0 Å². The molecule has 1 aliphatic rings. The van der Waals surface area contributed by atoms with Gasteiger partial charge in [0, 0.05) is 24.4 Å². The number of rotatable bonds is 4. The summed E-state index contributed by atoms with van der Waals surface area (Å²) in [5.41, 5.74) is 3.65. The van der Waals surface area contributed by atoms with E-state index in [-0.39, 0.29) is 28.8 Å². The standard InChI is InChI=1S/C18H18ClN3O3/c1-12-4-7-17-13(9-12)3-2-8-21(17)11-18(23)20-16-10-14(22(24)25)5-6-15(16)19/h4-7,9-10H,2-3,8,11H2,1H3,(H,20,23). The zero-order chi connectivity index (χ0) is 18.0. The molecule has 25 heavy (non-hydrogen) atoms. The Labute approximate surface area is 150 Å². The Kier molecular flexibility index (Phi) is 4.90. The summed E-state index contributed by atoms with van der Waals surface area (Å²) in [6, 6.07) is 10.2. The Morgan fingerprint density at radius 3 is 2.88 bits per heavy atom. The lowest BCUT2D eigenvalue weighted by Crippen LogP contribution is -2.36. The van der Waals surface area contributed by atoms with E-state index >= 15 is 0 Å². The summed E-state index contributed by atoms with van der Waals surface area (Å²) < 4.78 is 0. The highest BCUT2D eigenvalue weighted by molar-refractivity contribution is 6.33. The number of fused-ring (bicyclic) bond motifs is 1. The van der Waals surface area contributed by atoms with Crippen molar-refractivity contribution in [3.05, 3.63) is 62.7 Å². The molecule has 0 spiro atoms. The Bertz CT molecular complexity index is 838. The first kappa shape index (κ1) is 17.2. The number of carbonyl (C=O) groups is 1. The Morgan fingerprint density at radius 1 is 1.32 bits per heavy atom. The fourth-order valence-electron chi connectivity index (χ4n) is 3.05. The van der Waals surface area contributed by atoms with Crippen LogP contribution in [0.25, 0.3) is 0 Å². The first-order chi connectivity index (χ1) is 11.9. The molecule has 2 aromatic rings. The summed E-state index contributed by atoms with van der Waals surface area (Å²) in [4.78, 5) is 24.8. The van der Waals surface area contributed by atoms with Gasteiger partial charge in [0.15, 0.2) is 0 Å². The van der Waals surface area contributed by atoms with Crippen molar-refractivity contribution in [3.8, 4) is 0 Å². The highest BCUT2D eigenvalue weighted by atomic mass is 35.5. The van der Waals surface area contributed by atoms with Gasteiger partial charge < -0.3 is 10.2 Å². The summed E-state index contributed by atoms with van der Waals surface area (Å²) in [7, 11) is 0. The lowest BCUT2D eigenvalue weighted by molar-refractivity contribution is -0.384. The summed E-state index contributed by atoms with van der Waals surface area (Å²) in [5, 5.41) is 13.8. The molecule has 130 valence electrons. The number of hydrogen-bond acceptors (Lipinski definition) is 4. The topological polar surface area (TPSA) is 75.5 Å². The van der Waals surface area contributed by atoms with Crippen LogP contribution in [0.1, 0.15) is 17.5 Å². The smallest absolute Gasteiger partial charge is 0.271 e. The van der Waals surface area contributed by atoms with Crippen LogP contribution >= 0.6 is 11.6 Å². The number of benzene rings is 2. The third-order valence-electron chi connectivity index (χ3n) is 4.22. The number of aryl methyl sites for hydroxylation is 2. The molecule has 1 aliphatic heterocycles. The van der Waals surface area contributed by atoms with E-state index in [0.717, 1.165) is 25.1 Å². The second-order valence-electron chi connectivity index (χ2n) is 6.13. The van der Waals surface area contributed by atoms with Crippen LogP contribution in [0.15, 0.2) is 36.4 Å². The number of hydrogen-bond donors (Lipinski definition) is 1. The van der Waals surface area contributed by atoms with Crippen molar-refractivity contribution in [2.24, 2.45) is 0 Å². The van der Waals surface area contributed by atoms with Gasteiger partial charge in [0.05, 0.1) is 22.2 Å². The van der Waals surface area contributed by atoms with E-state index in [0.29, 0.717) is 0 Å². The van der Waals surface area contributed by atoms with Crippen LogP contribution in [0, 0.1) is 17.0 Å². The van der Waals surface area contributed by atoms with Gasteiger partial charge in [-0.1, -0.05) is 29.3 Å². The van der Waals surface area contributed by atoms with Crippen molar-refractivity contribution in [1.29, 1.82) is 0 Å². The van der Waals surface area contributed by atoms with Gasteiger partial charge in [0.2, 0.25) is 5.91 Å². The average Bonchev–Trinajstić information content (AvgIpc) is 2.56. The summed E-state index contributed by atoms with van der Waals surface area (Å²) in [6.45, 7) is 3.03. The molecule has 0 fully saturated rings. The monoisotopic (exact) mass is 359 g/mol. The highest BCUT2D eigenvalue weighted by Gasteiger charge is 2.20. The third kappa shape index (κ3) is 3.91. The molecule has 7 heteroatoms. The molecular formula is C18H18ClN3O3. The van der Waals surface area contributed by atoms with Gasteiger partial charge in [-0.2, -0.15) is 0 Å². The lowest BCUT2D eigenvalue weighted by atomic mass is 9.99. The van der Waals surface area contributed by atoms with Crippen molar-refractivity contribution in [2.75, 3.05) is 23.3 Å². The fraction of sp³-hybridized carbons (Fsp3) is 0.278. The molecular weight excluding hydrogens is 342 g/mol. The van der Waals surface area contributed by atoms with E-state index in [1.807, 2.05) is 17.0 Å². The molecule has 3 rings (SSSR count). The van der Waals surface area contributed by atoms with Gasteiger partial charge in [-0.25, -0.2) is 0 Å². The van der Waals surface area contributed by atoms with Crippen LogP contribution in [-0.4, -0.2) is 23.9 Å². The van der Waals surface area contributed by atoms with Crippen LogP contribution in [0.4, 0.5) is 17.1 Å². The van der Waals surface area contributed by atoms with Crippen LogP contribution < -0.4 is 10.2 Å². The molecule has 6 nitrogen and oxygen atoms in total. The van der Waals surface area contributed by atoms with E-state index < -0.39 is 4.92 Å². The van der Waals surface area contributed by atoms with Crippen LogP contribution in [0.2, 0.25) is 5.02 Å². The number of non-ortho nitro benzene ring substituents is 1. The molecule has 0 saturated carbocycles. The highest BCUT2D eigenvalue weighted by Crippen LogP contribution is 2.29. The zero-order valence-corrected chi connectivity index (χ0v) is 14.5. The largest absolute Gasteiger partial charge is 0.362 e. The number of nitrogens with zero attached hydrogens (tertiary/aromatic N) is 2. The first-order valence-electron chi connectivity index (χ1n) is 8.02. The molecule has 0 radical (unpaired) electrons. The molecule has 1 heterocycles. The van der Waals surface area contributed by atoms with Crippen LogP contribution in [0.5, 0.6) is 0 Å². The molecule has 1 N–H and O–H groups in total. The second kappa shape index (κ2) is 7.11. The molecule has 0 saturated heterocycles. The summed E-state index contributed by atoms with van der Waals surface area (Å²) >= 11 is 6.04. The predicted octanol–water partition coefficient (Wildman–Crippen LogP) is 3.95. The van der Waals surface area contributed by atoms with Crippen molar-refractivity contribution in [2.45, 2.75) is 19.8 Å². The number of anilines is 2. The normalized spacial score (nSPS) is 13.3. The Hall–Kier alpha value is -2.60. The van der Waals surface area contributed by atoms with E-state index in [2.05, 4.69) is 18.3 Å². The minimum atomic E-state index is -0.519. The van der Waals surface area contributed by atoms with Gasteiger partial charge in [0.25, 0.3) is 5.69 Å². The maximum atomic E-state index is 12.4. The van der Waals surface area contributed by atoms with Gasteiger partial charge in [-0.15, -0.1) is 0 Å². The fourth-order valence-corrected chi connectivity index (χ4v) is 3.22. The number of nitro groups is 1. The zero-order valence-electron chi connectivity index (χ0n) is 13.8. The SMILES string of the molecule is Cc1ccc2c(c1)CCCN2CC(=O)Nc1cc([N+](=O)[O-])ccc1Cl. The molecule has 0 bridgehead atoms. The molecule has 0 aliphatic carbocycles. The summed E-state index contributed by atoms with van der Waals surface area (Å²) in [5.74, 6) is -0.254. The van der Waals surface area contributed by atoms with Crippen LogP contribution in [0.3, 0.4) is 0 Å². The van der Waals surface area contributed by atoms with Gasteiger partial charge >= 0.3 is 0 Å². The number of carbonyl (C=O) groups excluding carboxylic acids is 1. The predicted molar refractivity (Wildman–Crippen MR) is 98.4 cm³/mol. The lowest BCUT2D eigenvalue weighted by Gasteiger charge is -2.31. The first-order valence-corrected chi connectivity index (χ1v) is 8.40. The Balaban J connectivity index is 1.74. The third-order valence-corrected chi connectivity index (χ3v) is 4.55.